The van der Waals surface area contributed by atoms with Crippen molar-refractivity contribution in [2.75, 3.05) is 25.6 Å². The van der Waals surface area contributed by atoms with Gasteiger partial charge in [0.15, 0.2) is 5.75 Å². The highest BCUT2D eigenvalue weighted by Crippen LogP contribution is 2.33. The zero-order chi connectivity index (χ0) is 11.4. The van der Waals surface area contributed by atoms with Crippen molar-refractivity contribution in [3.63, 3.8) is 0 Å². The van der Waals surface area contributed by atoms with Crippen LogP contribution in [0.15, 0.2) is 18.2 Å². The van der Waals surface area contributed by atoms with Crippen LogP contribution in [0.2, 0.25) is 5.02 Å². The highest BCUT2D eigenvalue weighted by Gasteiger charge is 2.16. The third-order valence-corrected chi connectivity index (χ3v) is 3.05. The van der Waals surface area contributed by atoms with Gasteiger partial charge in [-0.05, 0) is 25.0 Å². The topological polar surface area (TPSA) is 30.5 Å². The first kappa shape index (κ1) is 11.6. The van der Waals surface area contributed by atoms with Crippen LogP contribution in [0.1, 0.15) is 12.8 Å². The molecule has 2 rings (SSSR count). The quantitative estimate of drug-likeness (QED) is 0.883. The molecule has 0 spiro atoms. The predicted octanol–water partition coefficient (Wildman–Crippen LogP) is 2.94. The van der Waals surface area contributed by atoms with Gasteiger partial charge in [0, 0.05) is 19.3 Å². The second-order valence-corrected chi connectivity index (χ2v) is 4.26. The maximum Gasteiger partial charge on any atom is 0.160 e. The standard InChI is InChI=1S/C12H16ClNO2/c1-15-12-10(13)3-2-4-11(12)14-9-5-7-16-8-6-9/h2-4,9,14H,5-8H2,1H3. The molecule has 0 aliphatic carbocycles. The Morgan fingerprint density at radius 3 is 2.81 bits per heavy atom. The molecule has 0 saturated carbocycles. The Morgan fingerprint density at radius 1 is 1.38 bits per heavy atom. The maximum absolute atomic E-state index is 6.06. The summed E-state index contributed by atoms with van der Waals surface area (Å²) in [7, 11) is 1.64. The van der Waals surface area contributed by atoms with Crippen LogP contribution in [-0.4, -0.2) is 26.4 Å². The molecule has 88 valence electrons. The molecule has 0 aromatic heterocycles. The summed E-state index contributed by atoms with van der Waals surface area (Å²) in [6.07, 6.45) is 2.05. The largest absolute Gasteiger partial charge is 0.493 e. The Labute approximate surface area is 101 Å². The van der Waals surface area contributed by atoms with E-state index in [0.29, 0.717) is 11.1 Å². The molecule has 0 amide bonds. The van der Waals surface area contributed by atoms with E-state index in [0.717, 1.165) is 37.5 Å². The fraction of sp³-hybridized carbons (Fsp3) is 0.500. The summed E-state index contributed by atoms with van der Waals surface area (Å²) in [4.78, 5) is 0. The van der Waals surface area contributed by atoms with Crippen LogP contribution in [0.25, 0.3) is 0 Å². The molecule has 3 nitrogen and oxygen atoms in total. The van der Waals surface area contributed by atoms with Crippen LogP contribution in [-0.2, 0) is 4.74 Å². The number of nitrogens with one attached hydrogen (secondary N) is 1. The van der Waals surface area contributed by atoms with E-state index in [-0.39, 0.29) is 0 Å². The molecule has 1 saturated heterocycles. The van der Waals surface area contributed by atoms with E-state index in [1.165, 1.54) is 0 Å². The van der Waals surface area contributed by atoms with Crippen LogP contribution < -0.4 is 10.1 Å². The third-order valence-electron chi connectivity index (χ3n) is 2.75. The first-order valence-electron chi connectivity index (χ1n) is 5.48. The second kappa shape index (κ2) is 5.41. The Kier molecular flexibility index (Phi) is 3.91. The summed E-state index contributed by atoms with van der Waals surface area (Å²) >= 11 is 6.06. The van der Waals surface area contributed by atoms with E-state index in [9.17, 15) is 0 Å². The van der Waals surface area contributed by atoms with E-state index < -0.39 is 0 Å². The minimum atomic E-state index is 0.445. The molecule has 1 heterocycles. The molecule has 0 radical (unpaired) electrons. The van der Waals surface area contributed by atoms with Crippen LogP contribution in [0.5, 0.6) is 5.75 Å². The number of para-hydroxylation sites is 1. The molecule has 4 heteroatoms. The fourth-order valence-corrected chi connectivity index (χ4v) is 2.14. The average Bonchev–Trinajstić information content (AvgIpc) is 2.31. The molecule has 1 aromatic rings. The number of hydrogen-bond acceptors (Lipinski definition) is 3. The molecule has 1 N–H and O–H groups in total. The van der Waals surface area contributed by atoms with Gasteiger partial charge in [0.05, 0.1) is 17.8 Å². The number of rotatable bonds is 3. The van der Waals surface area contributed by atoms with Crippen LogP contribution in [0, 0.1) is 0 Å². The van der Waals surface area contributed by atoms with Crippen LogP contribution >= 0.6 is 11.6 Å². The van der Waals surface area contributed by atoms with E-state index in [1.807, 2.05) is 18.2 Å². The van der Waals surface area contributed by atoms with Gasteiger partial charge >= 0.3 is 0 Å². The number of ether oxygens (including phenoxy) is 2. The van der Waals surface area contributed by atoms with Gasteiger partial charge in [-0.15, -0.1) is 0 Å². The van der Waals surface area contributed by atoms with E-state index in [1.54, 1.807) is 7.11 Å². The summed E-state index contributed by atoms with van der Waals surface area (Å²) in [6.45, 7) is 1.64. The molecule has 0 bridgehead atoms. The van der Waals surface area contributed by atoms with Gasteiger partial charge in [-0.1, -0.05) is 17.7 Å². The lowest BCUT2D eigenvalue weighted by Crippen LogP contribution is -2.28. The van der Waals surface area contributed by atoms with Gasteiger partial charge in [0.2, 0.25) is 0 Å². The first-order chi connectivity index (χ1) is 7.81. The van der Waals surface area contributed by atoms with Crippen LogP contribution in [0.4, 0.5) is 5.69 Å². The summed E-state index contributed by atoms with van der Waals surface area (Å²) in [5.74, 6) is 0.718. The van der Waals surface area contributed by atoms with Gasteiger partial charge < -0.3 is 14.8 Å². The summed E-state index contributed by atoms with van der Waals surface area (Å²) in [5, 5.41) is 4.09. The number of halogens is 1. The fourth-order valence-electron chi connectivity index (χ4n) is 1.89. The van der Waals surface area contributed by atoms with Gasteiger partial charge in [-0.2, -0.15) is 0 Å². The van der Waals surface area contributed by atoms with Gasteiger partial charge in [-0.25, -0.2) is 0 Å². The first-order valence-corrected chi connectivity index (χ1v) is 5.86. The van der Waals surface area contributed by atoms with Crippen LogP contribution in [0.3, 0.4) is 0 Å². The van der Waals surface area contributed by atoms with Crippen molar-refractivity contribution in [3.05, 3.63) is 23.2 Å². The highest BCUT2D eigenvalue weighted by molar-refractivity contribution is 6.32. The SMILES string of the molecule is COc1c(Cl)cccc1NC1CCOCC1. The highest BCUT2D eigenvalue weighted by atomic mass is 35.5. The molecule has 1 aliphatic rings. The lowest BCUT2D eigenvalue weighted by Gasteiger charge is -2.25. The van der Waals surface area contributed by atoms with Crippen molar-refractivity contribution >= 4 is 17.3 Å². The summed E-state index contributed by atoms with van der Waals surface area (Å²) in [6, 6.07) is 6.18. The molecule has 1 aromatic carbocycles. The average molecular weight is 242 g/mol. The molecule has 1 aliphatic heterocycles. The molecule has 0 unspecified atom stereocenters. The Bertz CT molecular complexity index is 351. The smallest absolute Gasteiger partial charge is 0.160 e. The zero-order valence-corrected chi connectivity index (χ0v) is 10.1. The molecule has 0 atom stereocenters. The lowest BCUT2D eigenvalue weighted by molar-refractivity contribution is 0.0904. The number of hydrogen-bond donors (Lipinski definition) is 1. The monoisotopic (exact) mass is 241 g/mol. The Hall–Kier alpha value is -0.930. The van der Waals surface area contributed by atoms with Crippen molar-refractivity contribution in [2.24, 2.45) is 0 Å². The molecule has 1 fully saturated rings. The van der Waals surface area contributed by atoms with Gasteiger partial charge in [0.25, 0.3) is 0 Å². The lowest BCUT2D eigenvalue weighted by atomic mass is 10.1. The number of methoxy groups -OCH3 is 1. The minimum Gasteiger partial charge on any atom is -0.493 e. The predicted molar refractivity (Wildman–Crippen MR) is 65.5 cm³/mol. The maximum atomic E-state index is 6.06. The Morgan fingerprint density at radius 2 is 2.12 bits per heavy atom. The molecular formula is C12H16ClNO2. The third kappa shape index (κ3) is 2.60. The van der Waals surface area contributed by atoms with Crippen molar-refractivity contribution < 1.29 is 9.47 Å². The van der Waals surface area contributed by atoms with Gasteiger partial charge in [0.1, 0.15) is 0 Å². The molecular weight excluding hydrogens is 226 g/mol. The molecule has 16 heavy (non-hydrogen) atoms. The summed E-state index contributed by atoms with van der Waals surface area (Å²) < 4.78 is 10.6. The van der Waals surface area contributed by atoms with Crippen molar-refractivity contribution in [1.82, 2.24) is 0 Å². The zero-order valence-electron chi connectivity index (χ0n) is 9.33. The van der Waals surface area contributed by atoms with E-state index in [2.05, 4.69) is 5.32 Å². The normalized spacial score (nSPS) is 17.1. The summed E-state index contributed by atoms with van der Waals surface area (Å²) in [5.41, 5.74) is 0.960. The van der Waals surface area contributed by atoms with E-state index in [4.69, 9.17) is 21.1 Å². The Balaban J connectivity index is 2.10. The van der Waals surface area contributed by atoms with Crippen molar-refractivity contribution in [1.29, 1.82) is 0 Å². The number of benzene rings is 1. The minimum absolute atomic E-state index is 0.445. The second-order valence-electron chi connectivity index (χ2n) is 3.85. The van der Waals surface area contributed by atoms with Crippen molar-refractivity contribution in [2.45, 2.75) is 18.9 Å². The van der Waals surface area contributed by atoms with E-state index >= 15 is 0 Å². The number of anilines is 1. The van der Waals surface area contributed by atoms with Crippen molar-refractivity contribution in [3.8, 4) is 5.75 Å². The van der Waals surface area contributed by atoms with Gasteiger partial charge in [-0.3, -0.25) is 0 Å².